The van der Waals surface area contributed by atoms with Crippen molar-refractivity contribution in [2.75, 3.05) is 52.9 Å². The van der Waals surface area contributed by atoms with E-state index in [1.165, 1.54) is 0 Å². The second kappa shape index (κ2) is 66.2. The molecule has 0 aromatic carbocycles. The summed E-state index contributed by atoms with van der Waals surface area (Å²) in [4.78, 5) is 0. The molecule has 0 atom stereocenters. The molecule has 0 spiro atoms. The van der Waals surface area contributed by atoms with E-state index in [2.05, 4.69) is 6.58 Å². The van der Waals surface area contributed by atoms with Crippen LogP contribution in [0.4, 0.5) is 0 Å². The van der Waals surface area contributed by atoms with Crippen LogP contribution in [-0.2, 0) is 0 Å². The molecule has 19 heavy (non-hydrogen) atoms. The van der Waals surface area contributed by atoms with E-state index in [-0.39, 0.29) is 52.9 Å². The van der Waals surface area contributed by atoms with Gasteiger partial charge in [-0.25, -0.2) is 0 Å². The summed E-state index contributed by atoms with van der Waals surface area (Å²) in [5.41, 5.74) is 0. The zero-order chi connectivity index (χ0) is 16.4. The highest BCUT2D eigenvalue weighted by atomic mass is 16.3. The van der Waals surface area contributed by atoms with Gasteiger partial charge in [0.1, 0.15) is 0 Å². The molecule has 8 heteroatoms. The Labute approximate surface area is 114 Å². The highest BCUT2D eigenvalue weighted by molar-refractivity contribution is 4.51. The summed E-state index contributed by atoms with van der Waals surface area (Å²) in [6.45, 7) is 4.25. The second-order valence-electron chi connectivity index (χ2n) is 2.20. The lowest BCUT2D eigenvalue weighted by Gasteiger charge is -1.70. The predicted octanol–water partition coefficient (Wildman–Crippen LogP) is -2.92. The number of aliphatic hydroxyl groups is 8. The SMILES string of the molecule is C=CC.OCCO.OCCO.OCCO.OCCO. The van der Waals surface area contributed by atoms with Crippen LogP contribution in [0.25, 0.3) is 0 Å². The lowest BCUT2D eigenvalue weighted by Crippen LogP contribution is -1.85. The molecule has 0 fully saturated rings. The third kappa shape index (κ3) is 354. The van der Waals surface area contributed by atoms with Crippen molar-refractivity contribution in [3.8, 4) is 0 Å². The van der Waals surface area contributed by atoms with Crippen LogP contribution < -0.4 is 0 Å². The van der Waals surface area contributed by atoms with Gasteiger partial charge in [0.15, 0.2) is 0 Å². The van der Waals surface area contributed by atoms with E-state index >= 15 is 0 Å². The maximum atomic E-state index is 7.62. The van der Waals surface area contributed by atoms with Gasteiger partial charge in [0, 0.05) is 0 Å². The Balaban J connectivity index is -0.0000000432. The van der Waals surface area contributed by atoms with Gasteiger partial charge in [0.2, 0.25) is 0 Å². The van der Waals surface area contributed by atoms with Crippen molar-refractivity contribution >= 4 is 0 Å². The molecule has 0 aliphatic rings. The Kier molecular flexibility index (Phi) is 108. The van der Waals surface area contributed by atoms with E-state index in [1.807, 2.05) is 6.92 Å². The molecule has 0 saturated heterocycles. The minimum atomic E-state index is -0.125. The number of hydrogen-bond acceptors (Lipinski definition) is 8. The standard InChI is InChI=1S/C3H6.4C2H6O2/c1-3-2;4*3-1-2-4/h3H,1H2,2H3;4*3-4H,1-2H2. The average molecular weight is 290 g/mol. The van der Waals surface area contributed by atoms with Gasteiger partial charge in [-0.1, -0.05) is 6.08 Å². The Morgan fingerprint density at radius 2 is 0.579 bits per heavy atom. The summed E-state index contributed by atoms with van der Waals surface area (Å²) in [5.74, 6) is 0. The van der Waals surface area contributed by atoms with Crippen LogP contribution in [0.2, 0.25) is 0 Å². The molecule has 0 aliphatic carbocycles. The molecular weight excluding hydrogens is 260 g/mol. The molecule has 0 rings (SSSR count). The first-order valence-electron chi connectivity index (χ1n) is 5.52. The van der Waals surface area contributed by atoms with Crippen LogP contribution in [0.5, 0.6) is 0 Å². The molecule has 8 nitrogen and oxygen atoms in total. The summed E-state index contributed by atoms with van der Waals surface area (Å²) in [6.07, 6.45) is 1.75. The fraction of sp³-hybridized carbons (Fsp3) is 0.818. The van der Waals surface area contributed by atoms with Crippen LogP contribution in [0.15, 0.2) is 12.7 Å². The lowest BCUT2D eigenvalue weighted by atomic mass is 10.8. The topological polar surface area (TPSA) is 162 Å². The van der Waals surface area contributed by atoms with Crippen LogP contribution in [0, 0.1) is 0 Å². The first-order chi connectivity index (χ1) is 9.07. The van der Waals surface area contributed by atoms with Crippen molar-refractivity contribution in [2.45, 2.75) is 6.92 Å². The van der Waals surface area contributed by atoms with Gasteiger partial charge >= 0.3 is 0 Å². The van der Waals surface area contributed by atoms with Gasteiger partial charge in [-0.15, -0.1) is 6.58 Å². The quantitative estimate of drug-likeness (QED) is 0.255. The van der Waals surface area contributed by atoms with E-state index < -0.39 is 0 Å². The molecule has 0 aliphatic heterocycles. The summed E-state index contributed by atoms with van der Waals surface area (Å²) in [6, 6.07) is 0. The fourth-order valence-electron chi connectivity index (χ4n) is 0. The highest BCUT2D eigenvalue weighted by Crippen LogP contribution is 1.41. The average Bonchev–Trinajstić information content (AvgIpc) is 2.48. The Hall–Kier alpha value is -0.580. The van der Waals surface area contributed by atoms with Gasteiger partial charge in [0.25, 0.3) is 0 Å². The van der Waals surface area contributed by atoms with Crippen molar-refractivity contribution in [1.29, 1.82) is 0 Å². The molecule has 0 radical (unpaired) electrons. The fourth-order valence-corrected chi connectivity index (χ4v) is 0. The molecule has 0 heterocycles. The predicted molar refractivity (Wildman–Crippen MR) is 72.6 cm³/mol. The minimum Gasteiger partial charge on any atom is -0.394 e. The van der Waals surface area contributed by atoms with Gasteiger partial charge in [-0.3, -0.25) is 0 Å². The zero-order valence-corrected chi connectivity index (χ0v) is 11.5. The summed E-state index contributed by atoms with van der Waals surface area (Å²) in [7, 11) is 0. The van der Waals surface area contributed by atoms with E-state index in [9.17, 15) is 0 Å². The van der Waals surface area contributed by atoms with Crippen molar-refractivity contribution in [3.63, 3.8) is 0 Å². The van der Waals surface area contributed by atoms with Crippen LogP contribution >= 0.6 is 0 Å². The molecule has 8 N–H and O–H groups in total. The van der Waals surface area contributed by atoms with E-state index in [0.29, 0.717) is 0 Å². The number of aliphatic hydroxyl groups excluding tert-OH is 8. The van der Waals surface area contributed by atoms with E-state index in [0.717, 1.165) is 0 Å². The maximum Gasteiger partial charge on any atom is 0.0662 e. The van der Waals surface area contributed by atoms with Crippen LogP contribution in [-0.4, -0.2) is 93.7 Å². The smallest absolute Gasteiger partial charge is 0.0662 e. The van der Waals surface area contributed by atoms with Crippen molar-refractivity contribution in [1.82, 2.24) is 0 Å². The zero-order valence-electron chi connectivity index (χ0n) is 11.5. The largest absolute Gasteiger partial charge is 0.394 e. The molecule has 0 saturated carbocycles. The minimum absolute atomic E-state index is 0.125. The number of rotatable bonds is 4. The van der Waals surface area contributed by atoms with Crippen LogP contribution in [0.3, 0.4) is 0 Å². The van der Waals surface area contributed by atoms with Crippen molar-refractivity contribution in [3.05, 3.63) is 12.7 Å². The molecule has 0 amide bonds. The van der Waals surface area contributed by atoms with E-state index in [4.69, 9.17) is 40.9 Å². The Morgan fingerprint density at radius 3 is 0.579 bits per heavy atom. The van der Waals surface area contributed by atoms with Crippen LogP contribution in [0.1, 0.15) is 6.92 Å². The van der Waals surface area contributed by atoms with Crippen molar-refractivity contribution in [2.24, 2.45) is 0 Å². The third-order valence-corrected chi connectivity index (χ3v) is 0.400. The highest BCUT2D eigenvalue weighted by Gasteiger charge is 1.59. The summed E-state index contributed by atoms with van der Waals surface area (Å²) < 4.78 is 0. The molecular formula is C11H30O8. The monoisotopic (exact) mass is 290 g/mol. The van der Waals surface area contributed by atoms with Gasteiger partial charge in [-0.2, -0.15) is 0 Å². The molecule has 0 aromatic heterocycles. The van der Waals surface area contributed by atoms with E-state index in [1.54, 1.807) is 6.08 Å². The third-order valence-electron chi connectivity index (χ3n) is 0.400. The molecule has 0 unspecified atom stereocenters. The number of hydrogen-bond donors (Lipinski definition) is 8. The summed E-state index contributed by atoms with van der Waals surface area (Å²) >= 11 is 0. The number of allylic oxidation sites excluding steroid dienone is 1. The first-order valence-corrected chi connectivity index (χ1v) is 5.52. The van der Waals surface area contributed by atoms with Crippen molar-refractivity contribution < 1.29 is 40.9 Å². The lowest BCUT2D eigenvalue weighted by molar-refractivity contribution is 0.186. The Morgan fingerprint density at radius 1 is 0.526 bits per heavy atom. The molecule has 0 aromatic rings. The van der Waals surface area contributed by atoms with Gasteiger partial charge < -0.3 is 40.9 Å². The van der Waals surface area contributed by atoms with Gasteiger partial charge in [0.05, 0.1) is 52.9 Å². The first kappa shape index (κ1) is 31.0. The second-order valence-corrected chi connectivity index (χ2v) is 2.20. The normalized spacial score (nSPS) is 7.00. The molecule has 122 valence electrons. The Bertz CT molecular complexity index is 68.8. The van der Waals surface area contributed by atoms with Gasteiger partial charge in [-0.05, 0) is 6.92 Å². The summed E-state index contributed by atoms with van der Waals surface area (Å²) in [5, 5.41) is 61.0. The maximum absolute atomic E-state index is 7.62. The molecule has 0 bridgehead atoms.